The van der Waals surface area contributed by atoms with Gasteiger partial charge in [-0.05, 0) is 42.0 Å². The van der Waals surface area contributed by atoms with Crippen LogP contribution in [0.15, 0.2) is 78.9 Å². The summed E-state index contributed by atoms with van der Waals surface area (Å²) in [5.41, 5.74) is 3.82. The molecule has 1 atom stereocenters. The van der Waals surface area contributed by atoms with Crippen LogP contribution >= 0.6 is 0 Å². The number of carbonyl (C=O) groups is 1. The third-order valence-corrected chi connectivity index (χ3v) is 6.16. The van der Waals surface area contributed by atoms with Crippen molar-refractivity contribution in [2.75, 3.05) is 24.4 Å². The summed E-state index contributed by atoms with van der Waals surface area (Å²) in [7, 11) is -2.34. The van der Waals surface area contributed by atoms with E-state index in [1.165, 1.54) is 13.2 Å². The number of ether oxygens (including phenoxy) is 3. The van der Waals surface area contributed by atoms with Gasteiger partial charge in [-0.15, -0.1) is 0 Å². The van der Waals surface area contributed by atoms with Crippen molar-refractivity contribution in [3.05, 3.63) is 90.0 Å². The van der Waals surface area contributed by atoms with E-state index in [2.05, 4.69) is 4.72 Å². The summed E-state index contributed by atoms with van der Waals surface area (Å²) in [6, 6.07) is 20.3. The van der Waals surface area contributed by atoms with Crippen molar-refractivity contribution < 1.29 is 32.5 Å². The van der Waals surface area contributed by atoms with E-state index >= 15 is 0 Å². The number of para-hydroxylation sites is 1. The minimum atomic E-state index is -3.66. The Morgan fingerprint density at radius 3 is 2.71 bits per heavy atom. The number of hydrogen-bond acceptors (Lipinski definition) is 6. The third-order valence-electron chi connectivity index (χ3n) is 5.07. The zero-order valence-corrected chi connectivity index (χ0v) is 19.1. The van der Waals surface area contributed by atoms with E-state index in [1.54, 1.807) is 18.2 Å². The number of aliphatic carboxylic acids is 1. The molecule has 1 unspecified atom stereocenters. The average molecular weight is 482 g/mol. The number of rotatable bonds is 9. The predicted octanol–water partition coefficient (Wildman–Crippen LogP) is 4.20. The zero-order valence-electron chi connectivity index (χ0n) is 18.3. The molecule has 0 saturated carbocycles. The van der Waals surface area contributed by atoms with Gasteiger partial charge in [0.05, 0.1) is 0 Å². The molecule has 3 aromatic rings. The van der Waals surface area contributed by atoms with Crippen LogP contribution in [-0.4, -0.2) is 39.1 Å². The van der Waals surface area contributed by atoms with Crippen LogP contribution in [0.4, 0.5) is 5.69 Å². The van der Waals surface area contributed by atoms with Gasteiger partial charge in [0.15, 0.2) is 5.94 Å². The minimum absolute atomic E-state index is 0.103. The Hall–Kier alpha value is -3.82. The summed E-state index contributed by atoms with van der Waals surface area (Å²) in [5, 5.41) is 8.71. The van der Waals surface area contributed by atoms with Gasteiger partial charge in [0.2, 0.25) is 0 Å². The SMILES string of the molecule is COCS(=O)(=O)Nc1ccc2c(c1)C(c1cccc(OC/C=C/C(=O)O)c1)Oc1ccccc1-2. The Balaban J connectivity index is 1.70. The Morgan fingerprint density at radius 1 is 1.09 bits per heavy atom. The van der Waals surface area contributed by atoms with E-state index in [0.29, 0.717) is 17.2 Å². The molecule has 8 nitrogen and oxygen atoms in total. The number of methoxy groups -OCH3 is 1. The molecule has 0 fully saturated rings. The molecule has 0 aromatic heterocycles. The van der Waals surface area contributed by atoms with Crippen LogP contribution in [0.2, 0.25) is 0 Å². The first-order valence-corrected chi connectivity index (χ1v) is 12.0. The number of fused-ring (bicyclic) bond motifs is 3. The van der Waals surface area contributed by atoms with Crippen molar-refractivity contribution in [1.29, 1.82) is 0 Å². The maximum atomic E-state index is 12.2. The maximum absolute atomic E-state index is 12.2. The van der Waals surface area contributed by atoms with Gasteiger partial charge in [0.25, 0.3) is 10.0 Å². The monoisotopic (exact) mass is 481 g/mol. The maximum Gasteiger partial charge on any atom is 0.328 e. The second kappa shape index (κ2) is 9.98. The van der Waals surface area contributed by atoms with Crippen LogP contribution in [-0.2, 0) is 19.6 Å². The molecule has 1 heterocycles. The van der Waals surface area contributed by atoms with Crippen molar-refractivity contribution in [3.63, 3.8) is 0 Å². The third kappa shape index (κ3) is 5.38. The van der Waals surface area contributed by atoms with E-state index < -0.39 is 28.0 Å². The van der Waals surface area contributed by atoms with Gasteiger partial charge in [-0.3, -0.25) is 4.72 Å². The van der Waals surface area contributed by atoms with E-state index in [9.17, 15) is 13.2 Å². The van der Waals surface area contributed by atoms with E-state index in [1.807, 2.05) is 48.5 Å². The fourth-order valence-electron chi connectivity index (χ4n) is 3.74. The average Bonchev–Trinajstić information content (AvgIpc) is 2.81. The highest BCUT2D eigenvalue weighted by atomic mass is 32.2. The summed E-state index contributed by atoms with van der Waals surface area (Å²) in [5.74, 6) is -0.236. The van der Waals surface area contributed by atoms with Crippen LogP contribution in [0.25, 0.3) is 11.1 Å². The molecule has 34 heavy (non-hydrogen) atoms. The number of hydrogen-bond donors (Lipinski definition) is 2. The molecular weight excluding hydrogens is 458 g/mol. The van der Waals surface area contributed by atoms with Crippen molar-refractivity contribution in [2.45, 2.75) is 6.10 Å². The lowest BCUT2D eigenvalue weighted by atomic mass is 9.89. The molecule has 4 rings (SSSR count). The second-order valence-electron chi connectivity index (χ2n) is 7.54. The number of carboxylic acid groups (broad SMARTS) is 1. The van der Waals surface area contributed by atoms with Gasteiger partial charge in [0, 0.05) is 35.6 Å². The lowest BCUT2D eigenvalue weighted by Gasteiger charge is -2.30. The van der Waals surface area contributed by atoms with Gasteiger partial charge in [-0.25, -0.2) is 13.2 Å². The van der Waals surface area contributed by atoms with Crippen molar-refractivity contribution in [3.8, 4) is 22.6 Å². The molecule has 0 bridgehead atoms. The first-order chi connectivity index (χ1) is 16.4. The molecule has 0 spiro atoms. The fraction of sp³-hybridized carbons (Fsp3) is 0.160. The molecule has 0 amide bonds. The first kappa shape index (κ1) is 23.3. The standard InChI is InChI=1S/C25H23NO7S/c1-31-16-34(29,30)26-18-11-12-20-21-8-2-3-9-23(21)33-25(22(20)15-18)17-6-4-7-19(14-17)32-13-5-10-24(27)28/h2-12,14-15,25-26H,13,16H2,1H3,(H,27,28)/b10-5+. The Morgan fingerprint density at radius 2 is 1.91 bits per heavy atom. The number of anilines is 1. The summed E-state index contributed by atoms with van der Waals surface area (Å²) in [6.07, 6.45) is 1.92. The lowest BCUT2D eigenvalue weighted by Crippen LogP contribution is -2.19. The Bertz CT molecular complexity index is 1330. The highest BCUT2D eigenvalue weighted by Gasteiger charge is 2.28. The summed E-state index contributed by atoms with van der Waals surface area (Å²) in [4.78, 5) is 10.6. The number of carboxylic acids is 1. The molecule has 2 N–H and O–H groups in total. The molecule has 0 saturated heterocycles. The largest absolute Gasteiger partial charge is 0.490 e. The van der Waals surface area contributed by atoms with E-state index in [0.717, 1.165) is 28.3 Å². The number of nitrogens with one attached hydrogen (secondary N) is 1. The van der Waals surface area contributed by atoms with Gasteiger partial charge >= 0.3 is 5.97 Å². The molecule has 9 heteroatoms. The van der Waals surface area contributed by atoms with Gasteiger partial charge in [-0.2, -0.15) is 0 Å². The van der Waals surface area contributed by atoms with Crippen LogP contribution in [0, 0.1) is 0 Å². The van der Waals surface area contributed by atoms with E-state index in [-0.39, 0.29) is 6.61 Å². The number of benzene rings is 3. The molecule has 0 radical (unpaired) electrons. The molecule has 0 aliphatic carbocycles. The fourth-order valence-corrected chi connectivity index (χ4v) is 4.60. The van der Waals surface area contributed by atoms with E-state index in [4.69, 9.17) is 19.3 Å². The van der Waals surface area contributed by atoms with Crippen molar-refractivity contribution >= 4 is 21.7 Å². The lowest BCUT2D eigenvalue weighted by molar-refractivity contribution is -0.131. The minimum Gasteiger partial charge on any atom is -0.490 e. The highest BCUT2D eigenvalue weighted by molar-refractivity contribution is 7.92. The second-order valence-corrected chi connectivity index (χ2v) is 9.21. The van der Waals surface area contributed by atoms with Gasteiger partial charge in [-0.1, -0.05) is 36.4 Å². The molecule has 3 aromatic carbocycles. The first-order valence-electron chi connectivity index (χ1n) is 10.4. The molecule has 176 valence electrons. The Kier molecular flexibility index (Phi) is 6.85. The van der Waals surface area contributed by atoms with Gasteiger partial charge in [0.1, 0.15) is 24.2 Å². The smallest absolute Gasteiger partial charge is 0.328 e. The number of sulfonamides is 1. The van der Waals surface area contributed by atoms with Crippen molar-refractivity contribution in [1.82, 2.24) is 0 Å². The van der Waals surface area contributed by atoms with Crippen LogP contribution < -0.4 is 14.2 Å². The quantitative estimate of drug-likeness (QED) is 0.441. The topological polar surface area (TPSA) is 111 Å². The van der Waals surface area contributed by atoms with Crippen LogP contribution in [0.1, 0.15) is 17.2 Å². The van der Waals surface area contributed by atoms with Gasteiger partial charge < -0.3 is 19.3 Å². The molecule has 1 aliphatic rings. The van der Waals surface area contributed by atoms with Crippen LogP contribution in [0.3, 0.4) is 0 Å². The summed E-state index contributed by atoms with van der Waals surface area (Å²) >= 11 is 0. The summed E-state index contributed by atoms with van der Waals surface area (Å²) in [6.45, 7) is 0.103. The van der Waals surface area contributed by atoms with Crippen LogP contribution in [0.5, 0.6) is 11.5 Å². The normalized spacial score (nSPS) is 14.7. The predicted molar refractivity (Wildman–Crippen MR) is 127 cm³/mol. The zero-order chi connectivity index (χ0) is 24.1. The van der Waals surface area contributed by atoms with Crippen molar-refractivity contribution in [2.24, 2.45) is 0 Å². The molecular formula is C25H23NO7S. The Labute approximate surface area is 197 Å². The highest BCUT2D eigenvalue weighted by Crippen LogP contribution is 2.45. The molecule has 1 aliphatic heterocycles. The summed E-state index contributed by atoms with van der Waals surface area (Å²) < 4.78 is 43.7.